The third-order valence-corrected chi connectivity index (χ3v) is 13.6. The molecule has 1 aliphatic rings. The molecular weight excluding hydrogens is 1140 g/mol. The molecule has 0 saturated carbocycles. The topological polar surface area (TPSA) is 393 Å². The lowest BCUT2D eigenvalue weighted by Gasteiger charge is -2.29. The Bertz CT molecular complexity index is 3220. The van der Waals surface area contributed by atoms with Crippen molar-refractivity contribution in [2.24, 2.45) is 22.6 Å². The maximum Gasteiger partial charge on any atom is 0.433 e. The Morgan fingerprint density at radius 3 is 2.07 bits per heavy atom. The second-order valence-corrected chi connectivity index (χ2v) is 20.3. The second-order valence-electron chi connectivity index (χ2n) is 20.3. The van der Waals surface area contributed by atoms with Crippen LogP contribution < -0.4 is 64.7 Å². The minimum atomic E-state index is -1.08. The second kappa shape index (κ2) is 35.2. The van der Waals surface area contributed by atoms with Crippen molar-refractivity contribution in [3.8, 4) is 0 Å². The van der Waals surface area contributed by atoms with Crippen LogP contribution in [0.2, 0.25) is 0 Å². The molecule has 1 aliphatic heterocycles. The number of hydrogen-bond donors (Lipinski definition) is 11. The van der Waals surface area contributed by atoms with Crippen LogP contribution in [-0.4, -0.2) is 150 Å². The quantitative estimate of drug-likeness (QED) is 0.0159. The number of amides is 8. The predicted octanol–water partition coefficient (Wildman–Crippen LogP) is 3.71. The van der Waals surface area contributed by atoms with Crippen LogP contribution in [0.4, 0.5) is 38.2 Å². The number of nitrogens with two attached hydrogens (primary N) is 3. The average molecular weight is 1220 g/mol. The fraction of sp³-hybridized carbons (Fsp3) is 0.400. The number of pyridine rings is 1. The van der Waals surface area contributed by atoms with E-state index in [1.165, 1.54) is 5.06 Å². The highest BCUT2D eigenvalue weighted by Crippen LogP contribution is 2.37. The first-order valence-electron chi connectivity index (χ1n) is 28.6. The summed E-state index contributed by atoms with van der Waals surface area (Å²) in [6.07, 6.45) is -0.620. The smallest absolute Gasteiger partial charge is 0.433 e. The number of hydroxylamine groups is 2. The Morgan fingerprint density at radius 2 is 1.39 bits per heavy atom. The fourth-order valence-electron chi connectivity index (χ4n) is 9.18. The lowest BCUT2D eigenvalue weighted by Crippen LogP contribution is -2.54. The van der Waals surface area contributed by atoms with Gasteiger partial charge in [-0.05, 0) is 54.2 Å². The van der Waals surface area contributed by atoms with E-state index in [0.29, 0.717) is 63.9 Å². The summed E-state index contributed by atoms with van der Waals surface area (Å²) < 4.78 is 27.6. The van der Waals surface area contributed by atoms with Crippen molar-refractivity contribution in [3.63, 3.8) is 0 Å². The van der Waals surface area contributed by atoms with Gasteiger partial charge in [-0.15, -0.1) is 0 Å². The third kappa shape index (κ3) is 20.6. The van der Waals surface area contributed by atoms with E-state index in [-0.39, 0.29) is 127 Å². The Labute approximate surface area is 509 Å². The van der Waals surface area contributed by atoms with E-state index in [2.05, 4.69) is 47.5 Å². The first-order valence-corrected chi connectivity index (χ1v) is 28.6. The maximum absolute atomic E-state index is 13.7. The van der Waals surface area contributed by atoms with E-state index < -0.39 is 41.9 Å². The van der Waals surface area contributed by atoms with Gasteiger partial charge in [-0.1, -0.05) is 86.6 Å². The molecular formula is C60H79N15O13. The third-order valence-electron chi connectivity index (χ3n) is 13.6. The Morgan fingerprint density at radius 1 is 0.739 bits per heavy atom. The number of primary amides is 1. The number of nitrogens with one attached hydrogen (secondary N) is 8. The highest BCUT2D eigenvalue weighted by Gasteiger charge is 2.31. The number of nitrogens with zero attached hydrogens (tertiary/aromatic N) is 4. The molecule has 0 spiro atoms. The number of carbonyl (C=O) groups is 7. The summed E-state index contributed by atoms with van der Waals surface area (Å²) >= 11 is 0. The minimum Gasteiger partial charge on any atom is -0.443 e. The SMILES string of the molecule is CNc1c(N)nc2ccccc2c1N(C)ONC(=O)OCc1ccc(NC(=O)[C@@H](CCCNC(N)=O)NC(=O)[C@H](NC(=O)CCOCCOCCOCCOCCNC(=O)CCC(=O)N2Cc3ccccc3C(=NN)C(=N)c3ccccc32)C(C)C)cc1. The van der Waals surface area contributed by atoms with Gasteiger partial charge in [-0.2, -0.15) is 15.5 Å². The van der Waals surface area contributed by atoms with Crippen molar-refractivity contribution in [2.45, 2.75) is 71.2 Å². The van der Waals surface area contributed by atoms with Crippen LogP contribution in [0.1, 0.15) is 68.2 Å². The number of carbonyl (C=O) groups excluding carboxylic acids is 7. The Balaban J connectivity index is 0.814. The van der Waals surface area contributed by atoms with E-state index in [9.17, 15) is 33.6 Å². The average Bonchev–Trinajstić information content (AvgIpc) is 2.50. The van der Waals surface area contributed by atoms with Crippen molar-refractivity contribution in [1.29, 1.82) is 5.41 Å². The van der Waals surface area contributed by atoms with Crippen LogP contribution in [0, 0.1) is 11.3 Å². The van der Waals surface area contributed by atoms with Crippen LogP contribution in [0.15, 0.2) is 102 Å². The van der Waals surface area contributed by atoms with E-state index >= 15 is 0 Å². The maximum atomic E-state index is 13.7. The molecule has 5 aromatic rings. The molecule has 1 aromatic heterocycles. The zero-order valence-corrected chi connectivity index (χ0v) is 49.8. The van der Waals surface area contributed by atoms with Gasteiger partial charge in [0.25, 0.3) is 0 Å². The number of nitrogen functional groups attached to an aromatic ring is 1. The zero-order chi connectivity index (χ0) is 63.4. The summed E-state index contributed by atoms with van der Waals surface area (Å²) in [5.41, 5.74) is 19.1. The lowest BCUT2D eigenvalue weighted by atomic mass is 9.92. The number of aromatic nitrogens is 1. The van der Waals surface area contributed by atoms with Crippen LogP contribution in [0.3, 0.4) is 0 Å². The zero-order valence-electron chi connectivity index (χ0n) is 49.8. The van der Waals surface area contributed by atoms with Gasteiger partial charge in [0.1, 0.15) is 41.6 Å². The number of anilines is 5. The molecule has 472 valence electrons. The standard InChI is InChI=1S/C60H79N15O13/c1-38(2)52(58(80)70-46(17-11-26-67-59(63)81)57(79)68-41-21-19-39(20-22-41)37-87-60(82)73-88-74(4)55-43-14-7-9-16-45(43)69-56(62)54(55)65-3)71-49(77)25-28-83-30-32-85-34-35-86-33-31-84-29-27-66-48(76)23-24-50(78)75-36-40-12-5-6-13-42(40)53(72-64)51(61)44-15-8-10-18-47(44)75/h5-10,12-16,18-22,38,46,52,61,65H,11,17,23-37,64H2,1-4H3,(H2,62,69)(H,66,76)(H,68,79)(H,70,80)(H,71,77)(H,73,82)(H3,63,67,81)/t46-,52-/m1/s1. The van der Waals surface area contributed by atoms with E-state index in [1.807, 2.05) is 42.5 Å². The van der Waals surface area contributed by atoms with Gasteiger partial charge in [0.05, 0.1) is 76.3 Å². The van der Waals surface area contributed by atoms with Gasteiger partial charge in [-0.3, -0.25) is 29.4 Å². The predicted molar refractivity (Wildman–Crippen MR) is 331 cm³/mol. The molecule has 0 bridgehead atoms. The number of hydrazone groups is 1. The molecule has 28 heteroatoms. The van der Waals surface area contributed by atoms with Crippen molar-refractivity contribution in [1.82, 2.24) is 31.7 Å². The van der Waals surface area contributed by atoms with Gasteiger partial charge in [0.15, 0.2) is 0 Å². The number of ether oxygens (including phenoxy) is 5. The summed E-state index contributed by atoms with van der Waals surface area (Å²) in [6, 6.07) is 25.4. The summed E-state index contributed by atoms with van der Waals surface area (Å²) in [4.78, 5) is 102. The van der Waals surface area contributed by atoms with Crippen LogP contribution in [-0.2, 0) is 65.7 Å². The normalized spacial score (nSPS) is 13.0. The molecule has 28 nitrogen and oxygen atoms in total. The molecule has 14 N–H and O–H groups in total. The molecule has 0 radical (unpaired) electrons. The van der Waals surface area contributed by atoms with Crippen molar-refractivity contribution in [3.05, 3.63) is 119 Å². The Kier molecular flexibility index (Phi) is 27.1. The Hall–Kier alpha value is -9.48. The molecule has 8 amide bonds. The summed E-state index contributed by atoms with van der Waals surface area (Å²) in [5.74, 6) is 3.43. The van der Waals surface area contributed by atoms with Crippen LogP contribution in [0.5, 0.6) is 0 Å². The summed E-state index contributed by atoms with van der Waals surface area (Å²) in [5, 5.41) is 31.3. The van der Waals surface area contributed by atoms with Gasteiger partial charge < -0.3 is 77.8 Å². The van der Waals surface area contributed by atoms with Gasteiger partial charge in [-0.25, -0.2) is 19.6 Å². The molecule has 0 saturated heterocycles. The van der Waals surface area contributed by atoms with Crippen LogP contribution >= 0.6 is 0 Å². The summed E-state index contributed by atoms with van der Waals surface area (Å²) in [7, 11) is 3.27. The highest BCUT2D eigenvalue weighted by molar-refractivity contribution is 6.53. The van der Waals surface area contributed by atoms with E-state index in [4.69, 9.17) is 51.3 Å². The van der Waals surface area contributed by atoms with E-state index in [0.717, 1.165) is 10.9 Å². The minimum absolute atomic E-state index is 0.0326. The summed E-state index contributed by atoms with van der Waals surface area (Å²) in [6.45, 7) is 5.85. The molecule has 2 heterocycles. The molecule has 4 aromatic carbocycles. The molecule has 0 fully saturated rings. The number of benzene rings is 4. The molecule has 2 atom stereocenters. The molecule has 6 rings (SSSR count). The fourth-order valence-corrected chi connectivity index (χ4v) is 9.18. The van der Waals surface area contributed by atoms with Crippen molar-refractivity contribution >= 4 is 92.6 Å². The van der Waals surface area contributed by atoms with Crippen molar-refractivity contribution in [2.75, 3.05) is 106 Å². The number of hydrogen-bond acceptors (Lipinski definition) is 20. The molecule has 0 aliphatic carbocycles. The van der Waals surface area contributed by atoms with E-state index in [1.54, 1.807) is 87.4 Å². The largest absolute Gasteiger partial charge is 0.443 e. The molecule has 88 heavy (non-hydrogen) atoms. The van der Waals surface area contributed by atoms with Crippen LogP contribution in [0.25, 0.3) is 10.9 Å². The lowest BCUT2D eigenvalue weighted by molar-refractivity contribution is -0.132. The highest BCUT2D eigenvalue weighted by atomic mass is 16.8. The molecule has 0 unspecified atom stereocenters. The monoisotopic (exact) mass is 1220 g/mol. The number of fused-ring (bicyclic) bond motifs is 3. The van der Waals surface area contributed by atoms with Crippen molar-refractivity contribution < 1.29 is 62.2 Å². The van der Waals surface area contributed by atoms with Gasteiger partial charge in [0, 0.05) is 68.6 Å². The first-order chi connectivity index (χ1) is 42.5. The van der Waals surface area contributed by atoms with Gasteiger partial charge in [0.2, 0.25) is 29.5 Å². The number of para-hydroxylation sites is 2. The number of urea groups is 1. The number of rotatable bonds is 34. The first kappa shape index (κ1) is 67.6. The van der Waals surface area contributed by atoms with Gasteiger partial charge >= 0.3 is 12.1 Å².